The number of benzene rings is 1. The van der Waals surface area contributed by atoms with Crippen LogP contribution in [-0.4, -0.2) is 0 Å². The van der Waals surface area contributed by atoms with Crippen LogP contribution in [0.4, 0.5) is 0 Å². The lowest BCUT2D eigenvalue weighted by molar-refractivity contribution is 0.850. The summed E-state index contributed by atoms with van der Waals surface area (Å²) >= 11 is 0. The molecule has 1 aliphatic carbocycles. The third-order valence-corrected chi connectivity index (χ3v) is 3.23. The molecule has 0 amide bonds. The van der Waals surface area contributed by atoms with Gasteiger partial charge in [0.25, 0.3) is 0 Å². The fourth-order valence-corrected chi connectivity index (χ4v) is 2.42. The highest BCUT2D eigenvalue weighted by molar-refractivity contribution is 5.79. The van der Waals surface area contributed by atoms with Gasteiger partial charge in [-0.05, 0) is 35.1 Å². The van der Waals surface area contributed by atoms with Crippen LogP contribution in [0.25, 0.3) is 5.57 Å². The fraction of sp³-hybridized carbons (Fsp3) is 0.250. The smallest absolute Gasteiger partial charge is 0.00619 e. The van der Waals surface area contributed by atoms with Crippen LogP contribution in [0.3, 0.4) is 0 Å². The molecule has 0 heteroatoms. The molecule has 0 spiro atoms. The quantitative estimate of drug-likeness (QED) is 0.645. The molecule has 2 rings (SSSR count). The van der Waals surface area contributed by atoms with Crippen molar-refractivity contribution in [1.82, 2.24) is 0 Å². The van der Waals surface area contributed by atoms with Crippen molar-refractivity contribution in [3.63, 3.8) is 0 Å². The van der Waals surface area contributed by atoms with Crippen LogP contribution in [0.1, 0.15) is 36.0 Å². The topological polar surface area (TPSA) is 0 Å². The zero-order valence-electron chi connectivity index (χ0n) is 9.87. The standard InChI is InChI=1S/C16H18/c1-4-7-14-11-10-12(3)16-13(5-2)8-6-9-15(14)16/h4,6,8-11,14H,1,3,5,7H2,2H3. The second-order valence-electron chi connectivity index (χ2n) is 4.25. The highest BCUT2D eigenvalue weighted by atomic mass is 14.2. The van der Waals surface area contributed by atoms with Crippen molar-refractivity contribution in [2.24, 2.45) is 0 Å². The average molecular weight is 210 g/mol. The van der Waals surface area contributed by atoms with Crippen molar-refractivity contribution in [3.05, 3.63) is 66.3 Å². The molecule has 0 radical (unpaired) electrons. The summed E-state index contributed by atoms with van der Waals surface area (Å²) in [5.41, 5.74) is 5.32. The molecule has 0 aliphatic heterocycles. The van der Waals surface area contributed by atoms with E-state index in [1.165, 1.54) is 16.7 Å². The molecule has 0 fully saturated rings. The first kappa shape index (κ1) is 10.9. The van der Waals surface area contributed by atoms with Crippen molar-refractivity contribution < 1.29 is 0 Å². The number of allylic oxidation sites excluding steroid dienone is 4. The van der Waals surface area contributed by atoms with Gasteiger partial charge in [-0.25, -0.2) is 0 Å². The summed E-state index contributed by atoms with van der Waals surface area (Å²) in [6.07, 6.45) is 8.45. The minimum absolute atomic E-state index is 0.476. The number of rotatable bonds is 3. The minimum Gasteiger partial charge on any atom is -0.103 e. The van der Waals surface area contributed by atoms with E-state index in [1.807, 2.05) is 6.08 Å². The van der Waals surface area contributed by atoms with Gasteiger partial charge in [0.15, 0.2) is 0 Å². The van der Waals surface area contributed by atoms with Crippen LogP contribution in [0.15, 0.2) is 49.6 Å². The van der Waals surface area contributed by atoms with Gasteiger partial charge in [0.1, 0.15) is 0 Å². The van der Waals surface area contributed by atoms with Crippen LogP contribution in [0, 0.1) is 0 Å². The number of fused-ring (bicyclic) bond motifs is 1. The van der Waals surface area contributed by atoms with Gasteiger partial charge in [-0.2, -0.15) is 0 Å². The molecule has 0 saturated carbocycles. The second-order valence-corrected chi connectivity index (χ2v) is 4.25. The maximum absolute atomic E-state index is 4.15. The van der Waals surface area contributed by atoms with E-state index in [1.54, 1.807) is 0 Å². The lowest BCUT2D eigenvalue weighted by Gasteiger charge is -2.23. The first-order valence-electron chi connectivity index (χ1n) is 5.88. The summed E-state index contributed by atoms with van der Waals surface area (Å²) in [6, 6.07) is 6.58. The molecule has 0 heterocycles. The third kappa shape index (κ3) is 1.76. The monoisotopic (exact) mass is 210 g/mol. The molecule has 0 bridgehead atoms. The maximum Gasteiger partial charge on any atom is 0.00619 e. The van der Waals surface area contributed by atoms with Gasteiger partial charge in [0.05, 0.1) is 0 Å². The van der Waals surface area contributed by atoms with Crippen molar-refractivity contribution in [2.75, 3.05) is 0 Å². The van der Waals surface area contributed by atoms with Gasteiger partial charge in [0.2, 0.25) is 0 Å². The van der Waals surface area contributed by atoms with Crippen molar-refractivity contribution in [1.29, 1.82) is 0 Å². The van der Waals surface area contributed by atoms with Gasteiger partial charge in [-0.1, -0.05) is 49.9 Å². The van der Waals surface area contributed by atoms with E-state index in [9.17, 15) is 0 Å². The van der Waals surface area contributed by atoms with Gasteiger partial charge < -0.3 is 0 Å². The molecule has 1 aromatic rings. The van der Waals surface area contributed by atoms with Crippen molar-refractivity contribution in [3.8, 4) is 0 Å². The lowest BCUT2D eigenvalue weighted by Crippen LogP contribution is -2.06. The Morgan fingerprint density at radius 2 is 2.19 bits per heavy atom. The molecule has 1 atom stereocenters. The molecular formula is C16H18. The van der Waals surface area contributed by atoms with Crippen LogP contribution < -0.4 is 0 Å². The molecular weight excluding hydrogens is 192 g/mol. The van der Waals surface area contributed by atoms with Gasteiger partial charge >= 0.3 is 0 Å². The molecule has 1 unspecified atom stereocenters. The molecule has 0 nitrogen and oxygen atoms in total. The predicted molar refractivity (Wildman–Crippen MR) is 71.5 cm³/mol. The van der Waals surface area contributed by atoms with Crippen molar-refractivity contribution >= 4 is 5.57 Å². The van der Waals surface area contributed by atoms with Crippen LogP contribution in [-0.2, 0) is 6.42 Å². The van der Waals surface area contributed by atoms with E-state index in [4.69, 9.17) is 0 Å². The number of hydrogen-bond acceptors (Lipinski definition) is 0. The summed E-state index contributed by atoms with van der Waals surface area (Å²) in [6.45, 7) is 10.2. The second kappa shape index (κ2) is 4.52. The lowest BCUT2D eigenvalue weighted by atomic mass is 9.81. The molecule has 82 valence electrons. The Bertz CT molecular complexity index is 449. The molecule has 0 aromatic heterocycles. The Kier molecular flexibility index (Phi) is 3.09. The average Bonchev–Trinajstić information content (AvgIpc) is 2.32. The Balaban J connectivity index is 2.54. The molecule has 1 aromatic carbocycles. The highest BCUT2D eigenvalue weighted by Crippen LogP contribution is 2.36. The number of aryl methyl sites for hydroxylation is 1. The SMILES string of the molecule is C=CCC1C=CC(=C)c2c(CC)cccc21. The third-order valence-electron chi connectivity index (χ3n) is 3.23. The van der Waals surface area contributed by atoms with E-state index >= 15 is 0 Å². The first-order chi connectivity index (χ1) is 7.77. The Morgan fingerprint density at radius 1 is 1.38 bits per heavy atom. The van der Waals surface area contributed by atoms with Crippen LogP contribution in [0.5, 0.6) is 0 Å². The fourth-order valence-electron chi connectivity index (χ4n) is 2.42. The zero-order valence-corrected chi connectivity index (χ0v) is 9.87. The Labute approximate surface area is 98.0 Å². The Morgan fingerprint density at radius 3 is 2.88 bits per heavy atom. The van der Waals surface area contributed by atoms with E-state index in [0.29, 0.717) is 5.92 Å². The predicted octanol–water partition coefficient (Wildman–Crippen LogP) is 4.49. The summed E-state index contributed by atoms with van der Waals surface area (Å²) < 4.78 is 0. The molecule has 0 saturated heterocycles. The van der Waals surface area contributed by atoms with Gasteiger partial charge in [-0.15, -0.1) is 6.58 Å². The van der Waals surface area contributed by atoms with Gasteiger partial charge in [-0.3, -0.25) is 0 Å². The van der Waals surface area contributed by atoms with E-state index in [0.717, 1.165) is 18.4 Å². The molecule has 1 aliphatic rings. The van der Waals surface area contributed by atoms with E-state index in [2.05, 4.69) is 50.4 Å². The molecule has 0 N–H and O–H groups in total. The minimum atomic E-state index is 0.476. The summed E-state index contributed by atoms with van der Waals surface area (Å²) in [4.78, 5) is 0. The van der Waals surface area contributed by atoms with Crippen LogP contribution in [0.2, 0.25) is 0 Å². The van der Waals surface area contributed by atoms with Gasteiger partial charge in [0, 0.05) is 5.92 Å². The first-order valence-corrected chi connectivity index (χ1v) is 5.88. The number of hydrogen-bond donors (Lipinski definition) is 0. The van der Waals surface area contributed by atoms with E-state index in [-0.39, 0.29) is 0 Å². The zero-order chi connectivity index (χ0) is 11.5. The van der Waals surface area contributed by atoms with Crippen molar-refractivity contribution in [2.45, 2.75) is 25.7 Å². The largest absolute Gasteiger partial charge is 0.103 e. The van der Waals surface area contributed by atoms with E-state index < -0.39 is 0 Å². The summed E-state index contributed by atoms with van der Waals surface area (Å²) in [7, 11) is 0. The summed E-state index contributed by atoms with van der Waals surface area (Å²) in [5, 5.41) is 0. The maximum atomic E-state index is 4.15. The summed E-state index contributed by atoms with van der Waals surface area (Å²) in [5.74, 6) is 0.476. The normalized spacial score (nSPS) is 18.3. The van der Waals surface area contributed by atoms with Crippen LogP contribution >= 0.6 is 0 Å². The highest BCUT2D eigenvalue weighted by Gasteiger charge is 2.18. The molecule has 16 heavy (non-hydrogen) atoms. The Hall–Kier alpha value is -1.56.